The number of likely N-dealkylation sites (tertiary alicyclic amines) is 1. The van der Waals surface area contributed by atoms with Gasteiger partial charge in [-0.1, -0.05) is 29.3 Å². The van der Waals surface area contributed by atoms with Crippen LogP contribution >= 0.6 is 15.9 Å². The zero-order valence-corrected chi connectivity index (χ0v) is 11.0. The number of halogens is 1. The second kappa shape index (κ2) is 4.86. The van der Waals surface area contributed by atoms with Gasteiger partial charge in [0, 0.05) is 23.8 Å². The van der Waals surface area contributed by atoms with Crippen LogP contribution in [0.1, 0.15) is 39.0 Å². The number of rotatable bonds is 2. The predicted molar refractivity (Wildman–Crippen MR) is 65.0 cm³/mol. The molecule has 1 saturated carbocycles. The van der Waals surface area contributed by atoms with Gasteiger partial charge >= 0.3 is 0 Å². The Labute approximate surface area is 101 Å². The summed E-state index contributed by atoms with van der Waals surface area (Å²) in [6.07, 6.45) is 5.96. The van der Waals surface area contributed by atoms with E-state index in [1.807, 2.05) is 0 Å². The monoisotopic (exact) mass is 273 g/mol. The third-order valence-corrected chi connectivity index (χ3v) is 4.76. The third kappa shape index (κ3) is 2.22. The molecular weight excluding hydrogens is 254 g/mol. The van der Waals surface area contributed by atoms with Crippen molar-refractivity contribution < 1.29 is 4.79 Å². The van der Waals surface area contributed by atoms with Crippen molar-refractivity contribution in [3.05, 3.63) is 0 Å². The Bertz CT molecular complexity index is 244. The molecule has 0 bridgehead atoms. The van der Waals surface area contributed by atoms with E-state index in [-0.39, 0.29) is 0 Å². The molecule has 2 nitrogen and oxygen atoms in total. The Morgan fingerprint density at radius 3 is 2.73 bits per heavy atom. The fourth-order valence-corrected chi connectivity index (χ4v) is 3.68. The molecule has 1 saturated heterocycles. The number of carbonyl (C=O) groups excluding carboxylic acids is 1. The lowest BCUT2D eigenvalue weighted by Gasteiger charge is -2.27. The van der Waals surface area contributed by atoms with Crippen molar-refractivity contribution in [2.75, 3.05) is 11.9 Å². The van der Waals surface area contributed by atoms with Gasteiger partial charge in [-0.2, -0.15) is 0 Å². The molecule has 2 rings (SSSR count). The van der Waals surface area contributed by atoms with Crippen LogP contribution in [0.4, 0.5) is 0 Å². The number of carbonyl (C=O) groups is 1. The molecule has 0 aromatic rings. The molecule has 3 heteroatoms. The summed E-state index contributed by atoms with van der Waals surface area (Å²) in [6.45, 7) is 3.22. The van der Waals surface area contributed by atoms with Crippen molar-refractivity contribution in [3.63, 3.8) is 0 Å². The summed E-state index contributed by atoms with van der Waals surface area (Å²) in [7, 11) is 0. The first-order chi connectivity index (χ1) is 7.24. The molecule has 0 spiro atoms. The zero-order chi connectivity index (χ0) is 10.8. The van der Waals surface area contributed by atoms with Gasteiger partial charge in [-0.3, -0.25) is 4.79 Å². The number of nitrogens with zero attached hydrogens (tertiary/aromatic N) is 1. The molecule has 3 unspecified atom stereocenters. The quantitative estimate of drug-likeness (QED) is 0.709. The fourth-order valence-electron chi connectivity index (χ4n) is 3.01. The Morgan fingerprint density at radius 1 is 1.33 bits per heavy atom. The van der Waals surface area contributed by atoms with Crippen LogP contribution in [0, 0.1) is 11.8 Å². The highest BCUT2D eigenvalue weighted by Crippen LogP contribution is 2.34. The highest BCUT2D eigenvalue weighted by Gasteiger charge is 2.36. The van der Waals surface area contributed by atoms with E-state index in [1.165, 1.54) is 25.7 Å². The van der Waals surface area contributed by atoms with E-state index in [2.05, 4.69) is 27.8 Å². The van der Waals surface area contributed by atoms with Crippen LogP contribution in [0.15, 0.2) is 0 Å². The maximum absolute atomic E-state index is 12.3. The molecule has 1 aliphatic heterocycles. The molecule has 0 radical (unpaired) electrons. The van der Waals surface area contributed by atoms with E-state index in [4.69, 9.17) is 0 Å². The maximum Gasteiger partial charge on any atom is 0.226 e. The summed E-state index contributed by atoms with van der Waals surface area (Å²) < 4.78 is 0. The average molecular weight is 274 g/mol. The minimum absolute atomic E-state index is 0.324. The van der Waals surface area contributed by atoms with E-state index in [0.29, 0.717) is 23.8 Å². The summed E-state index contributed by atoms with van der Waals surface area (Å²) in [4.78, 5) is 14.5. The first kappa shape index (κ1) is 11.4. The molecule has 86 valence electrons. The number of amides is 1. The Hall–Kier alpha value is -0.0500. The lowest BCUT2D eigenvalue weighted by molar-refractivity contribution is -0.136. The molecular formula is C12H20BrNO. The standard InChI is InChI=1S/C12H20BrNO/c1-9-4-2-6-11(9)12(15)14-7-3-5-10(14)8-13/h9-11H,2-8H2,1H3. The second-order valence-electron chi connectivity index (χ2n) is 5.00. The van der Waals surface area contributed by atoms with E-state index >= 15 is 0 Å². The lowest BCUT2D eigenvalue weighted by Crippen LogP contribution is -2.41. The first-order valence-corrected chi connectivity index (χ1v) is 7.22. The third-order valence-electron chi connectivity index (χ3n) is 4.02. The number of hydrogen-bond acceptors (Lipinski definition) is 1. The molecule has 3 atom stereocenters. The van der Waals surface area contributed by atoms with E-state index in [0.717, 1.165) is 18.3 Å². The molecule has 0 aromatic heterocycles. The molecule has 2 fully saturated rings. The van der Waals surface area contributed by atoms with Crippen molar-refractivity contribution in [1.82, 2.24) is 4.90 Å². The van der Waals surface area contributed by atoms with Crippen molar-refractivity contribution in [1.29, 1.82) is 0 Å². The summed E-state index contributed by atoms with van der Waals surface area (Å²) in [5, 5.41) is 0.944. The van der Waals surface area contributed by atoms with Crippen LogP contribution in [0.5, 0.6) is 0 Å². The van der Waals surface area contributed by atoms with E-state index in [1.54, 1.807) is 0 Å². The van der Waals surface area contributed by atoms with Crippen LogP contribution in [-0.4, -0.2) is 28.7 Å². The topological polar surface area (TPSA) is 20.3 Å². The number of alkyl halides is 1. The van der Waals surface area contributed by atoms with Gasteiger partial charge in [-0.05, 0) is 31.6 Å². The highest BCUT2D eigenvalue weighted by molar-refractivity contribution is 9.09. The van der Waals surface area contributed by atoms with Crippen molar-refractivity contribution in [2.45, 2.75) is 45.1 Å². The zero-order valence-electron chi connectivity index (χ0n) is 9.42. The normalized spacial score (nSPS) is 36.1. The van der Waals surface area contributed by atoms with Gasteiger partial charge in [0.1, 0.15) is 0 Å². The minimum Gasteiger partial charge on any atom is -0.339 e. The van der Waals surface area contributed by atoms with Crippen molar-refractivity contribution in [3.8, 4) is 0 Å². The molecule has 1 amide bonds. The molecule has 15 heavy (non-hydrogen) atoms. The number of hydrogen-bond donors (Lipinski definition) is 0. The first-order valence-electron chi connectivity index (χ1n) is 6.10. The molecule has 2 aliphatic rings. The van der Waals surface area contributed by atoms with Gasteiger partial charge in [-0.15, -0.1) is 0 Å². The largest absolute Gasteiger partial charge is 0.339 e. The Morgan fingerprint density at radius 2 is 2.13 bits per heavy atom. The molecule has 0 aromatic carbocycles. The van der Waals surface area contributed by atoms with Crippen LogP contribution < -0.4 is 0 Å². The van der Waals surface area contributed by atoms with Crippen LogP contribution in [-0.2, 0) is 4.79 Å². The van der Waals surface area contributed by atoms with E-state index < -0.39 is 0 Å². The van der Waals surface area contributed by atoms with Gasteiger partial charge in [0.05, 0.1) is 0 Å². The molecule has 0 N–H and O–H groups in total. The maximum atomic E-state index is 12.3. The van der Waals surface area contributed by atoms with Crippen molar-refractivity contribution >= 4 is 21.8 Å². The summed E-state index contributed by atoms with van der Waals surface area (Å²) in [5.41, 5.74) is 0. The van der Waals surface area contributed by atoms with Gasteiger partial charge in [-0.25, -0.2) is 0 Å². The fraction of sp³-hybridized carbons (Fsp3) is 0.917. The predicted octanol–water partition coefficient (Wildman–Crippen LogP) is 2.81. The Kier molecular flexibility index (Phi) is 3.70. The van der Waals surface area contributed by atoms with Crippen LogP contribution in [0.2, 0.25) is 0 Å². The summed E-state index contributed by atoms with van der Waals surface area (Å²) in [6, 6.07) is 0.463. The smallest absolute Gasteiger partial charge is 0.226 e. The van der Waals surface area contributed by atoms with Crippen LogP contribution in [0.25, 0.3) is 0 Å². The van der Waals surface area contributed by atoms with E-state index in [9.17, 15) is 4.79 Å². The van der Waals surface area contributed by atoms with Gasteiger partial charge in [0.15, 0.2) is 0 Å². The molecule has 1 aliphatic carbocycles. The Balaban J connectivity index is 2.00. The lowest BCUT2D eigenvalue weighted by atomic mass is 9.96. The SMILES string of the molecule is CC1CCCC1C(=O)N1CCCC1CBr. The highest BCUT2D eigenvalue weighted by atomic mass is 79.9. The average Bonchev–Trinajstić information content (AvgIpc) is 2.84. The second-order valence-corrected chi connectivity index (χ2v) is 5.64. The molecule has 1 heterocycles. The summed E-state index contributed by atoms with van der Waals surface area (Å²) in [5.74, 6) is 1.36. The van der Waals surface area contributed by atoms with Gasteiger partial charge in [0.2, 0.25) is 5.91 Å². The van der Waals surface area contributed by atoms with Gasteiger partial charge in [0.25, 0.3) is 0 Å². The minimum atomic E-state index is 0.324. The van der Waals surface area contributed by atoms with Gasteiger partial charge < -0.3 is 4.90 Å². The van der Waals surface area contributed by atoms with Crippen molar-refractivity contribution in [2.24, 2.45) is 11.8 Å². The van der Waals surface area contributed by atoms with Crippen LogP contribution in [0.3, 0.4) is 0 Å². The summed E-state index contributed by atoms with van der Waals surface area (Å²) >= 11 is 3.51.